The molecule has 1 aromatic heterocycles. The molecule has 1 unspecified atom stereocenters. The molecule has 0 aliphatic carbocycles. The van der Waals surface area contributed by atoms with Crippen molar-refractivity contribution >= 4 is 40.4 Å². The molecule has 5 heterocycles. The second-order valence-electron chi connectivity index (χ2n) is 12.5. The number of aromatic nitrogens is 1. The highest BCUT2D eigenvalue weighted by Gasteiger charge is 2.51. The Bertz CT molecular complexity index is 2470. The van der Waals surface area contributed by atoms with Crippen molar-refractivity contribution in [3.63, 3.8) is 0 Å². The third-order valence-electron chi connectivity index (χ3n) is 9.46. The van der Waals surface area contributed by atoms with Crippen LogP contribution in [0.25, 0.3) is 23.3 Å². The van der Waals surface area contributed by atoms with Crippen molar-refractivity contribution < 1.29 is 0 Å². The molecule has 4 nitrogen and oxygen atoms in total. The van der Waals surface area contributed by atoms with Gasteiger partial charge in [-0.3, -0.25) is 0 Å². The van der Waals surface area contributed by atoms with Gasteiger partial charge in [0.1, 0.15) is 5.54 Å². The molecule has 4 aliphatic rings. The van der Waals surface area contributed by atoms with E-state index >= 15 is 0 Å². The summed E-state index contributed by atoms with van der Waals surface area (Å²) in [4.78, 5) is 16.5. The molecule has 49 heavy (non-hydrogen) atoms. The standard InChI is InChI=1S/C45H32N4/c1-31-42(32-14-6-2-7-15-32)44-43(33-16-8-3-9-17-33)41-27-26-38(48-41)29-36-23-22-35(46-36)28-37-24-25-39(47-37)30-45(31,34-18-10-4-11-19-34)49(44)40-20-12-5-13-21-40/h2-30,46H,1H2. The molecule has 1 N–H and O–H groups in total. The van der Waals surface area contributed by atoms with Gasteiger partial charge in [-0.05, 0) is 89.1 Å². The maximum absolute atomic E-state index is 5.30. The number of aromatic amines is 1. The van der Waals surface area contributed by atoms with Crippen molar-refractivity contribution in [3.05, 3.63) is 220 Å². The first-order valence-electron chi connectivity index (χ1n) is 16.5. The fraction of sp³-hybridized carbons (Fsp3) is 0.0222. The number of hydrogen-bond donors (Lipinski definition) is 1. The van der Waals surface area contributed by atoms with Crippen LogP contribution in [-0.4, -0.2) is 16.4 Å². The van der Waals surface area contributed by atoms with Gasteiger partial charge in [-0.25, -0.2) is 9.98 Å². The van der Waals surface area contributed by atoms with E-state index in [0.717, 1.165) is 78.3 Å². The summed E-state index contributed by atoms with van der Waals surface area (Å²) in [5, 5.41) is 1.96. The summed E-state index contributed by atoms with van der Waals surface area (Å²) >= 11 is 0. The molecule has 9 rings (SSSR count). The predicted octanol–water partition coefficient (Wildman–Crippen LogP) is 8.29. The summed E-state index contributed by atoms with van der Waals surface area (Å²) in [5.41, 5.74) is 11.0. The van der Waals surface area contributed by atoms with Crippen LogP contribution >= 0.6 is 0 Å². The SMILES string of the molecule is C=C1C(c2ccccc2)=C2C(c3ccccc3)=C3C=CC(=N3)C=c3ccc([nH]3)=CC3=NC(=CC1(c1ccccc1)N2c1ccccc1)C=C3. The molecular formula is C45H32N4. The first-order chi connectivity index (χ1) is 24.2. The lowest BCUT2D eigenvalue weighted by Gasteiger charge is -2.41. The van der Waals surface area contributed by atoms with E-state index in [-0.39, 0.29) is 0 Å². The molecule has 0 amide bonds. The smallest absolute Gasteiger partial charge is 0.116 e. The van der Waals surface area contributed by atoms with Gasteiger partial charge in [-0.1, -0.05) is 116 Å². The number of fused-ring (bicyclic) bond motifs is 6. The van der Waals surface area contributed by atoms with Crippen molar-refractivity contribution in [1.82, 2.24) is 4.98 Å². The highest BCUT2D eigenvalue weighted by atomic mass is 15.2. The van der Waals surface area contributed by atoms with Gasteiger partial charge in [0.25, 0.3) is 0 Å². The normalized spacial score (nSPS) is 19.5. The maximum Gasteiger partial charge on any atom is 0.116 e. The average Bonchev–Trinajstić information content (AvgIpc) is 3.95. The summed E-state index contributed by atoms with van der Waals surface area (Å²) in [6.07, 6.45) is 14.9. The summed E-state index contributed by atoms with van der Waals surface area (Å²) < 4.78 is 0. The maximum atomic E-state index is 5.30. The Labute approximate surface area is 285 Å². The summed E-state index contributed by atoms with van der Waals surface area (Å²) in [6.45, 7) is 5.01. The van der Waals surface area contributed by atoms with Crippen LogP contribution in [0.3, 0.4) is 0 Å². The van der Waals surface area contributed by atoms with E-state index in [4.69, 9.17) is 16.6 Å². The van der Waals surface area contributed by atoms with Gasteiger partial charge in [0.05, 0.1) is 28.5 Å². The third-order valence-corrected chi connectivity index (χ3v) is 9.46. The highest BCUT2D eigenvalue weighted by molar-refractivity contribution is 6.21. The number of hydrogen-bond acceptors (Lipinski definition) is 3. The lowest BCUT2D eigenvalue weighted by molar-refractivity contribution is 0.661. The zero-order valence-corrected chi connectivity index (χ0v) is 26.8. The number of aliphatic imine (C=N–C) groups is 2. The molecule has 0 saturated heterocycles. The Morgan fingerprint density at radius 3 is 1.76 bits per heavy atom. The number of anilines is 1. The zero-order valence-electron chi connectivity index (χ0n) is 26.8. The van der Waals surface area contributed by atoms with E-state index in [9.17, 15) is 0 Å². The quantitative estimate of drug-likeness (QED) is 0.214. The largest absolute Gasteiger partial charge is 0.355 e. The topological polar surface area (TPSA) is 43.8 Å². The van der Waals surface area contributed by atoms with Crippen molar-refractivity contribution in [1.29, 1.82) is 0 Å². The molecule has 0 radical (unpaired) electrons. The molecular weight excluding hydrogens is 597 g/mol. The first kappa shape index (κ1) is 28.7. The van der Waals surface area contributed by atoms with Crippen molar-refractivity contribution in [2.75, 3.05) is 4.90 Å². The lowest BCUT2D eigenvalue weighted by Crippen LogP contribution is -2.42. The molecule has 4 aliphatic heterocycles. The van der Waals surface area contributed by atoms with Gasteiger partial charge >= 0.3 is 0 Å². The Morgan fingerprint density at radius 1 is 0.551 bits per heavy atom. The van der Waals surface area contributed by atoms with E-state index < -0.39 is 5.54 Å². The van der Waals surface area contributed by atoms with E-state index in [0.29, 0.717) is 0 Å². The number of nitrogens with one attached hydrogen (secondary N) is 1. The summed E-state index contributed by atoms with van der Waals surface area (Å²) in [5.74, 6) is 0. The average molecular weight is 629 g/mol. The van der Waals surface area contributed by atoms with Gasteiger partial charge < -0.3 is 9.88 Å². The van der Waals surface area contributed by atoms with Crippen molar-refractivity contribution in [2.45, 2.75) is 5.54 Å². The van der Waals surface area contributed by atoms with Crippen LogP contribution < -0.4 is 15.6 Å². The molecule has 0 spiro atoms. The molecule has 4 aromatic carbocycles. The third kappa shape index (κ3) is 4.85. The Kier molecular flexibility index (Phi) is 6.80. The minimum atomic E-state index is -0.847. The number of H-pyrrole nitrogens is 1. The van der Waals surface area contributed by atoms with Gasteiger partial charge in [0, 0.05) is 27.5 Å². The van der Waals surface area contributed by atoms with Gasteiger partial charge in [0.2, 0.25) is 0 Å². The highest BCUT2D eigenvalue weighted by Crippen LogP contribution is 2.58. The predicted molar refractivity (Wildman–Crippen MR) is 203 cm³/mol. The van der Waals surface area contributed by atoms with E-state index in [1.165, 1.54) is 0 Å². The van der Waals surface area contributed by atoms with Gasteiger partial charge in [0.15, 0.2) is 0 Å². The molecule has 8 bridgehead atoms. The van der Waals surface area contributed by atoms with Crippen LogP contribution in [-0.2, 0) is 5.54 Å². The van der Waals surface area contributed by atoms with Crippen LogP contribution in [0, 0.1) is 0 Å². The zero-order chi connectivity index (χ0) is 32.8. The first-order valence-corrected chi connectivity index (χ1v) is 16.5. The van der Waals surface area contributed by atoms with Crippen molar-refractivity contribution in [2.24, 2.45) is 9.98 Å². The number of allylic oxidation sites excluding steroid dienone is 5. The summed E-state index contributed by atoms with van der Waals surface area (Å²) in [7, 11) is 0. The van der Waals surface area contributed by atoms with Gasteiger partial charge in [-0.2, -0.15) is 0 Å². The monoisotopic (exact) mass is 628 g/mol. The molecule has 4 heteroatoms. The van der Waals surface area contributed by atoms with Crippen LogP contribution in [0.2, 0.25) is 0 Å². The fourth-order valence-corrected chi connectivity index (χ4v) is 7.34. The van der Waals surface area contributed by atoms with E-state index in [2.05, 4.69) is 186 Å². The number of para-hydroxylation sites is 1. The van der Waals surface area contributed by atoms with E-state index in [1.807, 2.05) is 0 Å². The van der Waals surface area contributed by atoms with Crippen LogP contribution in [0.4, 0.5) is 5.69 Å². The molecule has 232 valence electrons. The number of benzene rings is 4. The van der Waals surface area contributed by atoms with Crippen molar-refractivity contribution in [3.8, 4) is 0 Å². The Hall–Kier alpha value is -6.52. The van der Waals surface area contributed by atoms with Gasteiger partial charge in [-0.15, -0.1) is 0 Å². The van der Waals surface area contributed by atoms with Crippen LogP contribution in [0.5, 0.6) is 0 Å². The Balaban J connectivity index is 1.49. The summed E-state index contributed by atoms with van der Waals surface area (Å²) in [6, 6.07) is 46.7. The minimum Gasteiger partial charge on any atom is -0.355 e. The number of nitrogens with zero attached hydrogens (tertiary/aromatic N) is 3. The van der Waals surface area contributed by atoms with Crippen LogP contribution in [0.1, 0.15) is 16.7 Å². The van der Waals surface area contributed by atoms with Crippen LogP contribution in [0.15, 0.2) is 203 Å². The number of rotatable bonds is 4. The minimum absolute atomic E-state index is 0.847. The molecule has 0 saturated carbocycles. The molecule has 1 atom stereocenters. The second kappa shape index (κ2) is 11.6. The lowest BCUT2D eigenvalue weighted by atomic mass is 9.79. The molecule has 5 aromatic rings. The molecule has 0 fully saturated rings. The second-order valence-corrected chi connectivity index (χ2v) is 12.5. The van der Waals surface area contributed by atoms with E-state index in [1.54, 1.807) is 0 Å². The fourth-order valence-electron chi connectivity index (χ4n) is 7.34. The Morgan fingerprint density at radius 2 is 1.10 bits per heavy atom.